The van der Waals surface area contributed by atoms with Crippen LogP contribution in [0.3, 0.4) is 0 Å². The molecule has 1 aromatic carbocycles. The Morgan fingerprint density at radius 3 is 2.36 bits per heavy atom. The molecule has 0 nitrogen and oxygen atoms in total. The summed E-state index contributed by atoms with van der Waals surface area (Å²) in [5.74, 6) is 0.703. The first-order chi connectivity index (χ1) is 6.74. The lowest BCUT2D eigenvalue weighted by Crippen LogP contribution is -1.93. The Morgan fingerprint density at radius 2 is 1.79 bits per heavy atom. The number of unbranched alkanes of at least 4 members (excludes halogenated alkanes) is 2. The van der Waals surface area contributed by atoms with E-state index in [1.165, 1.54) is 35.7 Å². The highest BCUT2D eigenvalue weighted by molar-refractivity contribution is 9.10. The van der Waals surface area contributed by atoms with E-state index >= 15 is 0 Å². The fraction of sp³-hybridized carbons (Fsp3) is 0.538. The number of benzene rings is 1. The normalized spacial score (nSPS) is 12.8. The quantitative estimate of drug-likeness (QED) is 0.639. The van der Waals surface area contributed by atoms with E-state index < -0.39 is 0 Å². The van der Waals surface area contributed by atoms with Crippen LogP contribution in [0.5, 0.6) is 0 Å². The van der Waals surface area contributed by atoms with E-state index in [0.717, 1.165) is 0 Å². The highest BCUT2D eigenvalue weighted by atomic mass is 79.9. The molecule has 0 aliphatic heterocycles. The Bertz CT molecular complexity index is 250. The van der Waals surface area contributed by atoms with Gasteiger partial charge in [-0.05, 0) is 30.0 Å². The molecule has 0 heterocycles. The van der Waals surface area contributed by atoms with Crippen molar-refractivity contribution in [2.24, 2.45) is 0 Å². The third kappa shape index (κ3) is 3.83. The van der Waals surface area contributed by atoms with Crippen molar-refractivity contribution in [3.8, 4) is 0 Å². The molecule has 1 atom stereocenters. The minimum atomic E-state index is 0.703. The maximum Gasteiger partial charge on any atom is 0.0175 e. The van der Waals surface area contributed by atoms with Crippen LogP contribution in [-0.2, 0) is 0 Å². The SMILES string of the molecule is CCCCCC(C)c1ccc(Br)cc1. The molecule has 0 N–H and O–H groups in total. The van der Waals surface area contributed by atoms with Gasteiger partial charge >= 0.3 is 0 Å². The fourth-order valence-electron chi connectivity index (χ4n) is 1.66. The number of halogens is 1. The minimum Gasteiger partial charge on any atom is -0.0654 e. The van der Waals surface area contributed by atoms with Gasteiger partial charge in [-0.3, -0.25) is 0 Å². The number of hydrogen-bond donors (Lipinski definition) is 0. The van der Waals surface area contributed by atoms with Gasteiger partial charge in [0.25, 0.3) is 0 Å². The van der Waals surface area contributed by atoms with Crippen LogP contribution >= 0.6 is 15.9 Å². The second kappa shape index (κ2) is 6.23. The molecule has 0 aliphatic carbocycles. The molecule has 0 saturated carbocycles. The molecule has 14 heavy (non-hydrogen) atoms. The van der Waals surface area contributed by atoms with Crippen molar-refractivity contribution in [3.05, 3.63) is 34.3 Å². The van der Waals surface area contributed by atoms with E-state index in [4.69, 9.17) is 0 Å². The molecule has 0 aliphatic rings. The van der Waals surface area contributed by atoms with Crippen LogP contribution in [0.15, 0.2) is 28.7 Å². The topological polar surface area (TPSA) is 0 Å². The monoisotopic (exact) mass is 254 g/mol. The molecule has 1 rings (SSSR count). The van der Waals surface area contributed by atoms with Crippen LogP contribution in [-0.4, -0.2) is 0 Å². The first-order valence-electron chi connectivity index (χ1n) is 5.49. The van der Waals surface area contributed by atoms with Gasteiger partial charge in [-0.1, -0.05) is 61.2 Å². The Kier molecular flexibility index (Phi) is 5.24. The summed E-state index contributed by atoms with van der Waals surface area (Å²) in [6.07, 6.45) is 5.34. The zero-order chi connectivity index (χ0) is 10.4. The lowest BCUT2D eigenvalue weighted by Gasteiger charge is -2.11. The van der Waals surface area contributed by atoms with Gasteiger partial charge in [0.1, 0.15) is 0 Å². The van der Waals surface area contributed by atoms with Gasteiger partial charge in [-0.2, -0.15) is 0 Å². The molecule has 1 aromatic rings. The molecule has 0 bridgehead atoms. The average molecular weight is 255 g/mol. The predicted molar refractivity (Wildman–Crippen MR) is 66.7 cm³/mol. The lowest BCUT2D eigenvalue weighted by molar-refractivity contribution is 0.598. The summed E-state index contributed by atoms with van der Waals surface area (Å²) in [5, 5.41) is 0. The molecule has 78 valence electrons. The molecule has 0 radical (unpaired) electrons. The fourth-order valence-corrected chi connectivity index (χ4v) is 1.92. The van der Waals surface area contributed by atoms with Crippen LogP contribution in [0.2, 0.25) is 0 Å². The Labute approximate surface area is 95.9 Å². The second-order valence-corrected chi connectivity index (χ2v) is 4.86. The van der Waals surface area contributed by atoms with Crippen molar-refractivity contribution in [1.82, 2.24) is 0 Å². The van der Waals surface area contributed by atoms with Crippen molar-refractivity contribution >= 4 is 15.9 Å². The smallest absolute Gasteiger partial charge is 0.0175 e. The number of hydrogen-bond acceptors (Lipinski definition) is 0. The molecule has 1 unspecified atom stereocenters. The van der Waals surface area contributed by atoms with Gasteiger partial charge in [0.15, 0.2) is 0 Å². The van der Waals surface area contributed by atoms with Crippen molar-refractivity contribution in [2.45, 2.75) is 45.4 Å². The molecule has 0 fully saturated rings. The van der Waals surface area contributed by atoms with Crippen molar-refractivity contribution in [3.63, 3.8) is 0 Å². The van der Waals surface area contributed by atoms with Crippen molar-refractivity contribution < 1.29 is 0 Å². The van der Waals surface area contributed by atoms with Crippen LogP contribution < -0.4 is 0 Å². The standard InChI is InChI=1S/C13H19Br/c1-3-4-5-6-11(2)12-7-9-13(14)10-8-12/h7-11H,3-6H2,1-2H3. The summed E-state index contributed by atoms with van der Waals surface area (Å²) >= 11 is 3.46. The van der Waals surface area contributed by atoms with Crippen LogP contribution in [0.1, 0.15) is 51.0 Å². The van der Waals surface area contributed by atoms with E-state index in [-0.39, 0.29) is 0 Å². The summed E-state index contributed by atoms with van der Waals surface area (Å²) in [6, 6.07) is 8.71. The summed E-state index contributed by atoms with van der Waals surface area (Å²) < 4.78 is 1.17. The van der Waals surface area contributed by atoms with Gasteiger partial charge in [-0.25, -0.2) is 0 Å². The molecular weight excluding hydrogens is 236 g/mol. The summed E-state index contributed by atoms with van der Waals surface area (Å²) in [4.78, 5) is 0. The lowest BCUT2D eigenvalue weighted by atomic mass is 9.95. The van der Waals surface area contributed by atoms with Crippen molar-refractivity contribution in [2.75, 3.05) is 0 Å². The van der Waals surface area contributed by atoms with E-state index in [0.29, 0.717) is 5.92 Å². The first kappa shape index (κ1) is 11.8. The average Bonchev–Trinajstić information content (AvgIpc) is 2.19. The third-order valence-corrected chi connectivity index (χ3v) is 3.21. The molecule has 0 spiro atoms. The summed E-state index contributed by atoms with van der Waals surface area (Å²) in [6.45, 7) is 4.57. The highest BCUT2D eigenvalue weighted by Gasteiger charge is 2.04. The zero-order valence-electron chi connectivity index (χ0n) is 9.09. The minimum absolute atomic E-state index is 0.703. The predicted octanol–water partition coefficient (Wildman–Crippen LogP) is 5.13. The molecule has 1 heteroatoms. The summed E-state index contributed by atoms with van der Waals surface area (Å²) in [7, 11) is 0. The van der Waals surface area contributed by atoms with Crippen LogP contribution in [0, 0.1) is 0 Å². The maximum atomic E-state index is 3.46. The van der Waals surface area contributed by atoms with Gasteiger partial charge in [0.2, 0.25) is 0 Å². The zero-order valence-corrected chi connectivity index (χ0v) is 10.7. The van der Waals surface area contributed by atoms with E-state index in [9.17, 15) is 0 Å². The van der Waals surface area contributed by atoms with Crippen LogP contribution in [0.4, 0.5) is 0 Å². The first-order valence-corrected chi connectivity index (χ1v) is 6.28. The molecule has 0 aromatic heterocycles. The largest absolute Gasteiger partial charge is 0.0654 e. The molecule has 0 saturated heterocycles. The van der Waals surface area contributed by atoms with Gasteiger partial charge in [-0.15, -0.1) is 0 Å². The van der Waals surface area contributed by atoms with Crippen molar-refractivity contribution in [1.29, 1.82) is 0 Å². The third-order valence-electron chi connectivity index (χ3n) is 2.68. The van der Waals surface area contributed by atoms with Gasteiger partial charge in [0.05, 0.1) is 0 Å². The Hall–Kier alpha value is -0.300. The highest BCUT2D eigenvalue weighted by Crippen LogP contribution is 2.23. The van der Waals surface area contributed by atoms with E-state index in [1.54, 1.807) is 0 Å². The Balaban J connectivity index is 2.43. The number of rotatable bonds is 5. The van der Waals surface area contributed by atoms with Gasteiger partial charge in [0, 0.05) is 4.47 Å². The van der Waals surface area contributed by atoms with Gasteiger partial charge < -0.3 is 0 Å². The molecular formula is C13H19Br. The maximum absolute atomic E-state index is 3.46. The van der Waals surface area contributed by atoms with Crippen LogP contribution in [0.25, 0.3) is 0 Å². The van der Waals surface area contributed by atoms with E-state index in [1.807, 2.05) is 0 Å². The van der Waals surface area contributed by atoms with E-state index in [2.05, 4.69) is 54.0 Å². The summed E-state index contributed by atoms with van der Waals surface area (Å²) in [5.41, 5.74) is 1.46. The molecule has 0 amide bonds. The Morgan fingerprint density at radius 1 is 1.14 bits per heavy atom. The second-order valence-electron chi connectivity index (χ2n) is 3.95.